The van der Waals surface area contributed by atoms with Gasteiger partial charge in [0, 0.05) is 18.9 Å². The number of hydrogen-bond acceptors (Lipinski definition) is 2. The molecular formula is C10H7F3N2O2. The predicted molar refractivity (Wildman–Crippen MR) is 54.3 cm³/mol. The van der Waals surface area contributed by atoms with Crippen molar-refractivity contribution < 1.29 is 22.7 Å². The number of carbonyl (C=O) groups excluding carboxylic acids is 1. The maximum Gasteiger partial charge on any atom is 0.417 e. The Morgan fingerprint density at radius 3 is 2.71 bits per heavy atom. The van der Waals surface area contributed by atoms with E-state index in [9.17, 15) is 18.0 Å². The average molecular weight is 244 g/mol. The summed E-state index contributed by atoms with van der Waals surface area (Å²) in [6, 6.07) is -0.831. The first-order valence-corrected chi connectivity index (χ1v) is 4.63. The molecule has 1 atom stereocenters. The second-order valence-corrected chi connectivity index (χ2v) is 3.38. The summed E-state index contributed by atoms with van der Waals surface area (Å²) in [5.41, 5.74) is -1.14. The predicted octanol–water partition coefficient (Wildman–Crippen LogP) is 2.08. The molecule has 0 saturated heterocycles. The molecule has 0 aromatic carbocycles. The molecule has 0 saturated carbocycles. The van der Waals surface area contributed by atoms with Crippen LogP contribution in [-0.2, 0) is 4.74 Å². The first-order valence-electron chi connectivity index (χ1n) is 4.63. The first kappa shape index (κ1) is 11.7. The topological polar surface area (TPSA) is 51.0 Å². The fourth-order valence-electron chi connectivity index (χ4n) is 1.60. The molecule has 2 amide bonds. The number of amides is 2. The van der Waals surface area contributed by atoms with Crippen molar-refractivity contribution in [2.24, 2.45) is 9.98 Å². The third-order valence-electron chi connectivity index (χ3n) is 2.35. The van der Waals surface area contributed by atoms with Gasteiger partial charge in [0.05, 0.1) is 11.3 Å². The van der Waals surface area contributed by atoms with Crippen molar-refractivity contribution in [2.45, 2.75) is 12.3 Å². The van der Waals surface area contributed by atoms with Crippen molar-refractivity contribution in [3.05, 3.63) is 23.3 Å². The minimum Gasteiger partial charge on any atom is -0.371 e. The van der Waals surface area contributed by atoms with Crippen LogP contribution < -0.4 is 0 Å². The maximum absolute atomic E-state index is 12.7. The Morgan fingerprint density at radius 2 is 2.12 bits per heavy atom. The lowest BCUT2D eigenvalue weighted by molar-refractivity contribution is -0.0886. The van der Waals surface area contributed by atoms with E-state index in [4.69, 9.17) is 4.74 Å². The number of carbonyl (C=O) groups is 1. The Labute approximate surface area is 94.2 Å². The molecule has 0 fully saturated rings. The maximum atomic E-state index is 12.7. The Balaban J connectivity index is 2.56. The van der Waals surface area contributed by atoms with Crippen LogP contribution in [0, 0.1) is 0 Å². The zero-order chi connectivity index (χ0) is 12.6. The number of aliphatic imine (C=N–C) groups is 2. The van der Waals surface area contributed by atoms with E-state index in [1.165, 1.54) is 13.2 Å². The lowest BCUT2D eigenvalue weighted by Gasteiger charge is -2.24. The van der Waals surface area contributed by atoms with Gasteiger partial charge in [-0.1, -0.05) is 6.08 Å². The van der Waals surface area contributed by atoms with Gasteiger partial charge in [0.2, 0.25) is 0 Å². The molecule has 0 radical (unpaired) electrons. The highest BCUT2D eigenvalue weighted by atomic mass is 19.4. The molecule has 1 unspecified atom stereocenters. The van der Waals surface area contributed by atoms with Crippen LogP contribution in [0.1, 0.15) is 0 Å². The van der Waals surface area contributed by atoms with Gasteiger partial charge in [-0.25, -0.2) is 4.79 Å². The molecular weight excluding hydrogens is 237 g/mol. The molecule has 0 aromatic rings. The van der Waals surface area contributed by atoms with Crippen molar-refractivity contribution in [3.63, 3.8) is 0 Å². The van der Waals surface area contributed by atoms with E-state index in [0.717, 1.165) is 12.3 Å². The summed E-state index contributed by atoms with van der Waals surface area (Å²) in [6.07, 6.45) is -2.28. The molecule has 4 nitrogen and oxygen atoms in total. The molecule has 0 bridgehead atoms. The van der Waals surface area contributed by atoms with Gasteiger partial charge in [-0.15, -0.1) is 0 Å². The Morgan fingerprint density at radius 1 is 1.41 bits per heavy atom. The van der Waals surface area contributed by atoms with Crippen molar-refractivity contribution in [3.8, 4) is 0 Å². The van der Waals surface area contributed by atoms with Crippen molar-refractivity contribution >= 4 is 18.0 Å². The second kappa shape index (κ2) is 3.92. The number of allylic oxidation sites excluding steroid dienone is 2. The van der Waals surface area contributed by atoms with Crippen LogP contribution in [0.5, 0.6) is 0 Å². The van der Waals surface area contributed by atoms with Crippen LogP contribution in [0.2, 0.25) is 0 Å². The number of fused-ring (bicyclic) bond motifs is 1. The Bertz CT molecular complexity index is 486. The standard InChI is InChI=1S/C10H7F3N2O2/c1-17-7-3-2-6(10(11,12)13)5-4-14-9(16)15-8(5)7/h2-4,7H,1H3. The highest BCUT2D eigenvalue weighted by molar-refractivity contribution is 6.26. The lowest BCUT2D eigenvalue weighted by Crippen LogP contribution is -2.32. The molecule has 1 heterocycles. The quantitative estimate of drug-likeness (QED) is 0.709. The highest BCUT2D eigenvalue weighted by Crippen LogP contribution is 2.33. The normalized spacial score (nSPS) is 23.9. The van der Waals surface area contributed by atoms with Gasteiger partial charge in [0.25, 0.3) is 0 Å². The van der Waals surface area contributed by atoms with E-state index < -0.39 is 23.9 Å². The summed E-state index contributed by atoms with van der Waals surface area (Å²) in [7, 11) is 1.32. The van der Waals surface area contributed by atoms with E-state index in [2.05, 4.69) is 9.98 Å². The molecule has 2 rings (SSSR count). The van der Waals surface area contributed by atoms with Gasteiger partial charge < -0.3 is 4.74 Å². The number of ether oxygens (including phenoxy) is 1. The average Bonchev–Trinajstić information content (AvgIpc) is 2.26. The summed E-state index contributed by atoms with van der Waals surface area (Å²) in [5, 5.41) is 0. The third-order valence-corrected chi connectivity index (χ3v) is 2.35. The SMILES string of the molecule is COC1C=CC(C(F)(F)F)=C2C=NC(=O)N=C21. The van der Waals surface area contributed by atoms with E-state index in [-0.39, 0.29) is 11.3 Å². The van der Waals surface area contributed by atoms with Crippen LogP contribution >= 0.6 is 0 Å². The number of urea groups is 1. The molecule has 90 valence electrons. The van der Waals surface area contributed by atoms with Gasteiger partial charge in [-0.05, 0) is 6.08 Å². The van der Waals surface area contributed by atoms with Crippen molar-refractivity contribution in [1.82, 2.24) is 0 Å². The minimum atomic E-state index is -4.52. The zero-order valence-corrected chi connectivity index (χ0v) is 8.65. The lowest BCUT2D eigenvalue weighted by atomic mass is 9.93. The number of methoxy groups -OCH3 is 1. The number of halogens is 3. The van der Waals surface area contributed by atoms with Crippen LogP contribution in [0.4, 0.5) is 18.0 Å². The zero-order valence-electron chi connectivity index (χ0n) is 8.65. The van der Waals surface area contributed by atoms with Crippen LogP contribution in [-0.4, -0.2) is 37.3 Å². The number of rotatable bonds is 1. The van der Waals surface area contributed by atoms with Crippen molar-refractivity contribution in [1.29, 1.82) is 0 Å². The van der Waals surface area contributed by atoms with Crippen LogP contribution in [0.3, 0.4) is 0 Å². The summed E-state index contributed by atoms with van der Waals surface area (Å²) in [5.74, 6) is 0. The number of hydrogen-bond donors (Lipinski definition) is 0. The molecule has 2 aliphatic rings. The molecule has 1 aliphatic carbocycles. The summed E-state index contributed by atoms with van der Waals surface area (Å²) in [6.45, 7) is 0. The van der Waals surface area contributed by atoms with Crippen LogP contribution in [0.15, 0.2) is 33.3 Å². The van der Waals surface area contributed by atoms with Gasteiger partial charge in [0.1, 0.15) is 6.10 Å². The molecule has 17 heavy (non-hydrogen) atoms. The fraction of sp³-hybridized carbons (Fsp3) is 0.300. The van der Waals surface area contributed by atoms with Crippen LogP contribution in [0.25, 0.3) is 0 Å². The number of alkyl halides is 3. The van der Waals surface area contributed by atoms with Crippen molar-refractivity contribution in [2.75, 3.05) is 7.11 Å². The number of nitrogens with zero attached hydrogens (tertiary/aromatic N) is 2. The third kappa shape index (κ3) is 2.05. The largest absolute Gasteiger partial charge is 0.417 e. The molecule has 7 heteroatoms. The minimum absolute atomic E-state index is 0.0534. The van der Waals surface area contributed by atoms with Gasteiger partial charge in [-0.2, -0.15) is 23.2 Å². The van der Waals surface area contributed by atoms with Gasteiger partial charge in [0.15, 0.2) is 0 Å². The second-order valence-electron chi connectivity index (χ2n) is 3.38. The molecule has 0 N–H and O–H groups in total. The monoisotopic (exact) mass is 244 g/mol. The first-order chi connectivity index (χ1) is 7.93. The van der Waals surface area contributed by atoms with E-state index in [1.54, 1.807) is 0 Å². The van der Waals surface area contributed by atoms with E-state index in [1.807, 2.05) is 0 Å². The van der Waals surface area contributed by atoms with Gasteiger partial charge in [-0.3, -0.25) is 0 Å². The molecule has 1 aliphatic heterocycles. The smallest absolute Gasteiger partial charge is 0.371 e. The molecule has 0 aromatic heterocycles. The van der Waals surface area contributed by atoms with E-state index in [0.29, 0.717) is 0 Å². The summed E-state index contributed by atoms with van der Waals surface area (Å²) < 4.78 is 43.0. The molecule has 0 spiro atoms. The highest BCUT2D eigenvalue weighted by Gasteiger charge is 2.39. The Kier molecular flexibility index (Phi) is 2.70. The Hall–Kier alpha value is -1.76. The fourth-order valence-corrected chi connectivity index (χ4v) is 1.60. The van der Waals surface area contributed by atoms with Gasteiger partial charge >= 0.3 is 12.2 Å². The van der Waals surface area contributed by atoms with E-state index >= 15 is 0 Å². The summed E-state index contributed by atoms with van der Waals surface area (Å²) in [4.78, 5) is 17.7. The summed E-state index contributed by atoms with van der Waals surface area (Å²) >= 11 is 0.